The highest BCUT2D eigenvalue weighted by Gasteiger charge is 2.16. The molecule has 0 atom stereocenters. The molecule has 0 fully saturated rings. The number of aromatic nitrogens is 4. The number of fused-ring (bicyclic) bond motifs is 1. The van der Waals surface area contributed by atoms with Crippen LogP contribution in [0, 0.1) is 6.92 Å². The Kier molecular flexibility index (Phi) is 5.15. The summed E-state index contributed by atoms with van der Waals surface area (Å²) in [4.78, 5) is 45.9. The van der Waals surface area contributed by atoms with Crippen molar-refractivity contribution in [3.63, 3.8) is 0 Å². The molecule has 0 aliphatic carbocycles. The molecule has 4 aromatic rings. The Morgan fingerprint density at radius 3 is 2.61 bits per heavy atom. The zero-order chi connectivity index (χ0) is 22.3. The van der Waals surface area contributed by atoms with E-state index in [4.69, 9.17) is 4.74 Å². The number of methoxy groups -OCH3 is 1. The van der Waals surface area contributed by atoms with Gasteiger partial charge in [-0.15, -0.1) is 11.3 Å². The Balaban J connectivity index is 1.66. The molecular weight excluding hydrogens is 418 g/mol. The van der Waals surface area contributed by atoms with E-state index in [0.717, 1.165) is 15.7 Å². The highest BCUT2D eigenvalue weighted by Crippen LogP contribution is 2.33. The van der Waals surface area contributed by atoms with E-state index in [0.29, 0.717) is 16.6 Å². The van der Waals surface area contributed by atoms with Crippen molar-refractivity contribution in [1.29, 1.82) is 0 Å². The SMILES string of the molecule is COc1ccc(C)cc1-c1csc(NC(=O)c2ccc3c(=O)n(C)c(=O)n(C)c3n2)n1. The predicted octanol–water partition coefficient (Wildman–Crippen LogP) is 2.33. The number of thiazole rings is 1. The number of pyridine rings is 1. The smallest absolute Gasteiger partial charge is 0.332 e. The second-order valence-corrected chi connectivity index (χ2v) is 7.83. The summed E-state index contributed by atoms with van der Waals surface area (Å²) < 4.78 is 7.64. The zero-order valence-electron chi connectivity index (χ0n) is 17.3. The Hall–Kier alpha value is -3.79. The molecule has 0 saturated heterocycles. The molecule has 1 N–H and O–H groups in total. The Morgan fingerprint density at radius 2 is 1.87 bits per heavy atom. The van der Waals surface area contributed by atoms with E-state index in [1.54, 1.807) is 7.11 Å². The van der Waals surface area contributed by atoms with Crippen LogP contribution >= 0.6 is 11.3 Å². The monoisotopic (exact) mass is 437 g/mol. The number of nitrogens with zero attached hydrogens (tertiary/aromatic N) is 4. The fraction of sp³-hybridized carbons (Fsp3) is 0.190. The zero-order valence-corrected chi connectivity index (χ0v) is 18.1. The van der Waals surface area contributed by atoms with Gasteiger partial charge in [-0.2, -0.15) is 0 Å². The second kappa shape index (κ2) is 7.80. The lowest BCUT2D eigenvalue weighted by Gasteiger charge is -2.08. The first-order valence-corrected chi connectivity index (χ1v) is 10.2. The summed E-state index contributed by atoms with van der Waals surface area (Å²) in [6.07, 6.45) is 0. The molecule has 4 rings (SSSR count). The molecule has 1 amide bonds. The summed E-state index contributed by atoms with van der Waals surface area (Å²) in [7, 11) is 4.49. The number of aryl methyl sites for hydroxylation is 2. The number of benzene rings is 1. The fourth-order valence-corrected chi connectivity index (χ4v) is 3.92. The molecule has 1 aromatic carbocycles. The molecule has 9 nitrogen and oxygen atoms in total. The highest BCUT2D eigenvalue weighted by atomic mass is 32.1. The summed E-state index contributed by atoms with van der Waals surface area (Å²) in [5.74, 6) is 0.194. The third-order valence-electron chi connectivity index (χ3n) is 4.89. The molecule has 31 heavy (non-hydrogen) atoms. The van der Waals surface area contributed by atoms with Crippen LogP contribution in [0.5, 0.6) is 5.75 Å². The summed E-state index contributed by atoms with van der Waals surface area (Å²) >= 11 is 1.27. The standard InChI is InChI=1S/C21H19N5O4S/c1-11-5-8-16(30-4)13(9-11)15-10-31-20(23-15)24-18(27)14-7-6-12-17(22-14)25(2)21(29)26(3)19(12)28/h5-10H,1-4H3,(H,23,24,27). The average Bonchev–Trinajstić information content (AvgIpc) is 3.24. The van der Waals surface area contributed by atoms with Gasteiger partial charge in [-0.1, -0.05) is 11.6 Å². The van der Waals surface area contributed by atoms with Gasteiger partial charge >= 0.3 is 5.69 Å². The van der Waals surface area contributed by atoms with Gasteiger partial charge in [0.15, 0.2) is 5.13 Å². The second-order valence-electron chi connectivity index (χ2n) is 6.97. The molecule has 158 valence electrons. The van der Waals surface area contributed by atoms with Gasteiger partial charge in [0.2, 0.25) is 0 Å². The Bertz CT molecular complexity index is 1450. The normalized spacial score (nSPS) is 11.0. The van der Waals surface area contributed by atoms with Crippen LogP contribution in [-0.2, 0) is 14.1 Å². The number of carbonyl (C=O) groups is 1. The van der Waals surface area contributed by atoms with Crippen molar-refractivity contribution in [2.45, 2.75) is 6.92 Å². The molecule has 0 aliphatic rings. The van der Waals surface area contributed by atoms with Crippen molar-refractivity contribution in [2.75, 3.05) is 12.4 Å². The van der Waals surface area contributed by atoms with Gasteiger partial charge in [-0.05, 0) is 31.2 Å². The van der Waals surface area contributed by atoms with Crippen molar-refractivity contribution in [2.24, 2.45) is 14.1 Å². The van der Waals surface area contributed by atoms with Crippen molar-refractivity contribution >= 4 is 33.4 Å². The largest absolute Gasteiger partial charge is 0.496 e. The number of anilines is 1. The molecule has 0 aliphatic heterocycles. The molecule has 0 radical (unpaired) electrons. The minimum Gasteiger partial charge on any atom is -0.496 e. The number of hydrogen-bond acceptors (Lipinski definition) is 7. The number of amides is 1. The van der Waals surface area contributed by atoms with Crippen molar-refractivity contribution in [3.8, 4) is 17.0 Å². The number of hydrogen-bond donors (Lipinski definition) is 1. The van der Waals surface area contributed by atoms with E-state index >= 15 is 0 Å². The lowest BCUT2D eigenvalue weighted by Crippen LogP contribution is -2.37. The maximum Gasteiger partial charge on any atom is 0.332 e. The van der Waals surface area contributed by atoms with Gasteiger partial charge in [-0.25, -0.2) is 14.8 Å². The molecule has 10 heteroatoms. The molecule has 3 heterocycles. The van der Waals surface area contributed by atoms with Crippen LogP contribution in [0.1, 0.15) is 16.1 Å². The van der Waals surface area contributed by atoms with Gasteiger partial charge in [0, 0.05) is 25.0 Å². The maximum absolute atomic E-state index is 12.7. The molecule has 0 saturated carbocycles. The summed E-state index contributed by atoms with van der Waals surface area (Å²) in [5, 5.41) is 5.19. The first-order valence-electron chi connectivity index (χ1n) is 9.29. The number of ether oxygens (including phenoxy) is 1. The third kappa shape index (κ3) is 3.61. The van der Waals surface area contributed by atoms with Crippen LogP contribution in [-0.4, -0.2) is 32.1 Å². The van der Waals surface area contributed by atoms with Crippen molar-refractivity contribution < 1.29 is 9.53 Å². The van der Waals surface area contributed by atoms with E-state index in [9.17, 15) is 14.4 Å². The van der Waals surface area contributed by atoms with E-state index in [2.05, 4.69) is 15.3 Å². The van der Waals surface area contributed by atoms with Crippen LogP contribution in [0.25, 0.3) is 22.3 Å². The van der Waals surface area contributed by atoms with Crippen molar-refractivity contribution in [1.82, 2.24) is 19.1 Å². The maximum atomic E-state index is 12.7. The third-order valence-corrected chi connectivity index (χ3v) is 5.65. The van der Waals surface area contributed by atoms with E-state index in [1.807, 2.05) is 30.5 Å². The summed E-state index contributed by atoms with van der Waals surface area (Å²) in [6, 6.07) is 8.72. The summed E-state index contributed by atoms with van der Waals surface area (Å²) in [5.41, 5.74) is 1.80. The topological polar surface area (TPSA) is 108 Å². The minimum atomic E-state index is -0.515. The van der Waals surface area contributed by atoms with E-state index < -0.39 is 17.2 Å². The quantitative estimate of drug-likeness (QED) is 0.525. The predicted molar refractivity (Wildman–Crippen MR) is 119 cm³/mol. The fourth-order valence-electron chi connectivity index (χ4n) is 3.22. The van der Waals surface area contributed by atoms with Crippen LogP contribution in [0.3, 0.4) is 0 Å². The van der Waals surface area contributed by atoms with Crippen LogP contribution in [0.4, 0.5) is 5.13 Å². The number of rotatable bonds is 4. The molecular formula is C21H19N5O4S. The summed E-state index contributed by atoms with van der Waals surface area (Å²) in [6.45, 7) is 1.98. The van der Waals surface area contributed by atoms with Crippen LogP contribution < -0.4 is 21.3 Å². The molecule has 0 bridgehead atoms. The molecule has 3 aromatic heterocycles. The van der Waals surface area contributed by atoms with E-state index in [1.165, 1.54) is 42.1 Å². The number of carbonyl (C=O) groups excluding carboxylic acids is 1. The van der Waals surface area contributed by atoms with Gasteiger partial charge < -0.3 is 4.74 Å². The van der Waals surface area contributed by atoms with Gasteiger partial charge in [0.1, 0.15) is 17.1 Å². The highest BCUT2D eigenvalue weighted by molar-refractivity contribution is 7.14. The van der Waals surface area contributed by atoms with E-state index in [-0.39, 0.29) is 16.7 Å². The van der Waals surface area contributed by atoms with Crippen LogP contribution in [0.15, 0.2) is 45.3 Å². The Morgan fingerprint density at radius 1 is 1.10 bits per heavy atom. The van der Waals surface area contributed by atoms with Gasteiger partial charge in [0.25, 0.3) is 11.5 Å². The minimum absolute atomic E-state index is 0.0700. The van der Waals surface area contributed by atoms with Crippen LogP contribution in [0.2, 0.25) is 0 Å². The van der Waals surface area contributed by atoms with Crippen molar-refractivity contribution in [3.05, 3.63) is 67.8 Å². The Labute approximate surface area is 180 Å². The van der Waals surface area contributed by atoms with Gasteiger partial charge in [0.05, 0.1) is 18.2 Å². The lowest BCUT2D eigenvalue weighted by atomic mass is 10.1. The first-order chi connectivity index (χ1) is 14.8. The molecule has 0 unspecified atom stereocenters. The molecule has 0 spiro atoms. The average molecular weight is 437 g/mol. The lowest BCUT2D eigenvalue weighted by molar-refractivity contribution is 0.102. The number of nitrogens with one attached hydrogen (secondary N) is 1. The van der Waals surface area contributed by atoms with Gasteiger partial charge in [-0.3, -0.25) is 24.0 Å². The first kappa shape index (κ1) is 20.5.